The highest BCUT2D eigenvalue weighted by atomic mass is 127. The molecule has 0 unspecified atom stereocenters. The van der Waals surface area contributed by atoms with Crippen molar-refractivity contribution < 1.29 is 23.0 Å². The van der Waals surface area contributed by atoms with Crippen LogP contribution in [0, 0.1) is 3.57 Å². The van der Waals surface area contributed by atoms with Crippen LogP contribution in [0.2, 0.25) is 0 Å². The maximum atomic E-state index is 12.1. The van der Waals surface area contributed by atoms with E-state index in [1.54, 1.807) is 22.6 Å². The fourth-order valence-electron chi connectivity index (χ4n) is 0.921. The zero-order chi connectivity index (χ0) is 12.3. The molecular formula is C8H5BrF2INO3. The summed E-state index contributed by atoms with van der Waals surface area (Å²) in [5.74, 6) is -1.24. The Morgan fingerprint density at radius 2 is 2.25 bits per heavy atom. The first kappa shape index (κ1) is 13.6. The van der Waals surface area contributed by atoms with Gasteiger partial charge in [-0.15, -0.1) is 0 Å². The Morgan fingerprint density at radius 1 is 1.62 bits per heavy atom. The number of halogens is 4. The molecule has 1 rings (SSSR count). The molecule has 0 saturated heterocycles. The largest absolute Gasteiger partial charge is 0.465 e. The van der Waals surface area contributed by atoms with Gasteiger partial charge in [-0.2, -0.15) is 8.78 Å². The Bertz CT molecular complexity index is 417. The molecule has 0 saturated carbocycles. The molecule has 0 N–H and O–H groups in total. The topological polar surface area (TPSA) is 48.4 Å². The fraction of sp³-hybridized carbons (Fsp3) is 0.250. The number of carbonyl (C=O) groups is 1. The Balaban J connectivity index is 3.26. The minimum Gasteiger partial charge on any atom is -0.465 e. The first-order valence-electron chi connectivity index (χ1n) is 3.85. The predicted molar refractivity (Wildman–Crippen MR) is 62.6 cm³/mol. The number of aromatic nitrogens is 1. The summed E-state index contributed by atoms with van der Waals surface area (Å²) in [5, 5.41) is 0. The van der Waals surface area contributed by atoms with Gasteiger partial charge in [0.2, 0.25) is 5.88 Å². The third-order valence-corrected chi connectivity index (χ3v) is 2.75. The minimum absolute atomic E-state index is 0.119. The lowest BCUT2D eigenvalue weighted by atomic mass is 10.3. The summed E-state index contributed by atoms with van der Waals surface area (Å²) >= 11 is 4.82. The van der Waals surface area contributed by atoms with Gasteiger partial charge in [0.05, 0.1) is 7.11 Å². The lowest BCUT2D eigenvalue weighted by Gasteiger charge is -2.10. The molecule has 0 fully saturated rings. The molecule has 0 amide bonds. The van der Waals surface area contributed by atoms with E-state index < -0.39 is 18.5 Å². The van der Waals surface area contributed by atoms with Crippen molar-refractivity contribution in [2.45, 2.75) is 6.61 Å². The van der Waals surface area contributed by atoms with Gasteiger partial charge in [-0.25, -0.2) is 9.78 Å². The Kier molecular flexibility index (Phi) is 4.84. The highest BCUT2D eigenvalue weighted by molar-refractivity contribution is 14.1. The van der Waals surface area contributed by atoms with Crippen LogP contribution < -0.4 is 4.74 Å². The van der Waals surface area contributed by atoms with Gasteiger partial charge in [0, 0.05) is 3.57 Å². The number of ether oxygens (including phenoxy) is 2. The quantitative estimate of drug-likeness (QED) is 0.439. The van der Waals surface area contributed by atoms with Gasteiger partial charge in [0.25, 0.3) is 0 Å². The maximum absolute atomic E-state index is 12.1. The van der Waals surface area contributed by atoms with Gasteiger partial charge < -0.3 is 9.47 Å². The molecule has 0 aromatic carbocycles. The number of methoxy groups -OCH3 is 1. The second-order valence-electron chi connectivity index (χ2n) is 2.48. The lowest BCUT2D eigenvalue weighted by Crippen LogP contribution is -2.12. The van der Waals surface area contributed by atoms with E-state index in [2.05, 4.69) is 30.4 Å². The number of esters is 1. The second-order valence-corrected chi connectivity index (χ2v) is 4.45. The lowest BCUT2D eigenvalue weighted by molar-refractivity contribution is -0.0535. The number of hydrogen-bond acceptors (Lipinski definition) is 4. The van der Waals surface area contributed by atoms with E-state index in [4.69, 9.17) is 0 Å². The molecule has 0 aliphatic heterocycles. The summed E-state index contributed by atoms with van der Waals surface area (Å²) < 4.78 is 33.5. The van der Waals surface area contributed by atoms with Gasteiger partial charge in [0.1, 0.15) is 10.2 Å². The van der Waals surface area contributed by atoms with Crippen LogP contribution in [0.25, 0.3) is 0 Å². The van der Waals surface area contributed by atoms with Crippen molar-refractivity contribution in [3.8, 4) is 5.88 Å². The van der Waals surface area contributed by atoms with Crippen molar-refractivity contribution >= 4 is 44.5 Å². The van der Waals surface area contributed by atoms with E-state index in [9.17, 15) is 13.6 Å². The highest BCUT2D eigenvalue weighted by Crippen LogP contribution is 2.27. The highest BCUT2D eigenvalue weighted by Gasteiger charge is 2.22. The van der Waals surface area contributed by atoms with Crippen molar-refractivity contribution in [2.75, 3.05) is 7.11 Å². The van der Waals surface area contributed by atoms with Crippen LogP contribution in [0.4, 0.5) is 8.78 Å². The summed E-state index contributed by atoms with van der Waals surface area (Å²) in [6, 6.07) is 1.49. The normalized spacial score (nSPS) is 10.4. The molecule has 0 spiro atoms. The number of hydrogen-bond donors (Lipinski definition) is 0. The molecule has 0 aliphatic carbocycles. The second kappa shape index (κ2) is 5.71. The van der Waals surface area contributed by atoms with Gasteiger partial charge in [0.15, 0.2) is 0 Å². The minimum atomic E-state index is -3.05. The molecule has 0 radical (unpaired) electrons. The third-order valence-electron chi connectivity index (χ3n) is 1.50. The third kappa shape index (κ3) is 3.24. The Labute approximate surface area is 112 Å². The van der Waals surface area contributed by atoms with E-state index in [1.807, 2.05) is 0 Å². The monoisotopic (exact) mass is 407 g/mol. The Morgan fingerprint density at radius 3 is 2.75 bits per heavy atom. The van der Waals surface area contributed by atoms with E-state index in [-0.39, 0.29) is 5.56 Å². The Hall–Kier alpha value is -0.510. The average Bonchev–Trinajstić information content (AvgIpc) is 2.14. The van der Waals surface area contributed by atoms with Crippen molar-refractivity contribution in [3.63, 3.8) is 0 Å². The van der Waals surface area contributed by atoms with Crippen LogP contribution in [0.1, 0.15) is 10.4 Å². The zero-order valence-electron chi connectivity index (χ0n) is 7.84. The summed E-state index contributed by atoms with van der Waals surface area (Å²) in [5.41, 5.74) is -0.119. The predicted octanol–water partition coefficient (Wildman–Crippen LogP) is 2.84. The molecular weight excluding hydrogens is 403 g/mol. The van der Waals surface area contributed by atoms with Gasteiger partial charge in [-0.1, -0.05) is 0 Å². The van der Waals surface area contributed by atoms with Crippen LogP contribution in [0.5, 0.6) is 5.88 Å². The van der Waals surface area contributed by atoms with Gasteiger partial charge in [-0.3, -0.25) is 0 Å². The van der Waals surface area contributed by atoms with Gasteiger partial charge in [-0.05, 0) is 44.6 Å². The van der Waals surface area contributed by atoms with Crippen LogP contribution in [0.15, 0.2) is 10.7 Å². The summed E-state index contributed by atoms with van der Waals surface area (Å²) in [7, 11) is 1.15. The van der Waals surface area contributed by atoms with Crippen molar-refractivity contribution in [1.29, 1.82) is 0 Å². The van der Waals surface area contributed by atoms with Crippen molar-refractivity contribution in [1.82, 2.24) is 4.98 Å². The molecule has 88 valence electrons. The van der Waals surface area contributed by atoms with E-state index in [0.29, 0.717) is 8.17 Å². The first-order valence-corrected chi connectivity index (χ1v) is 5.72. The molecule has 1 heterocycles. The van der Waals surface area contributed by atoms with Crippen molar-refractivity contribution in [3.05, 3.63) is 19.8 Å². The van der Waals surface area contributed by atoms with Crippen LogP contribution in [0.3, 0.4) is 0 Å². The summed E-state index contributed by atoms with van der Waals surface area (Å²) in [6.45, 7) is -3.05. The van der Waals surface area contributed by atoms with E-state index >= 15 is 0 Å². The van der Waals surface area contributed by atoms with Crippen molar-refractivity contribution in [2.24, 2.45) is 0 Å². The maximum Gasteiger partial charge on any atom is 0.388 e. The number of nitrogens with zero attached hydrogens (tertiary/aromatic N) is 1. The molecule has 8 heteroatoms. The molecule has 0 aliphatic rings. The molecule has 4 nitrogen and oxygen atoms in total. The van der Waals surface area contributed by atoms with E-state index in [1.165, 1.54) is 6.07 Å². The number of alkyl halides is 2. The molecule has 1 aromatic heterocycles. The van der Waals surface area contributed by atoms with Gasteiger partial charge >= 0.3 is 12.6 Å². The average molecular weight is 408 g/mol. The zero-order valence-corrected chi connectivity index (χ0v) is 11.6. The molecule has 16 heavy (non-hydrogen) atoms. The summed E-state index contributed by atoms with van der Waals surface area (Å²) in [4.78, 5) is 15.0. The first-order chi connectivity index (χ1) is 7.45. The number of pyridine rings is 1. The van der Waals surface area contributed by atoms with E-state index in [0.717, 1.165) is 7.11 Å². The molecule has 0 atom stereocenters. The SMILES string of the molecule is COC(=O)c1c(I)cc(Br)nc1OC(F)F. The number of carbonyl (C=O) groups excluding carboxylic acids is 1. The fourth-order valence-corrected chi connectivity index (χ4v) is 2.48. The molecule has 0 bridgehead atoms. The van der Waals surface area contributed by atoms with Crippen LogP contribution >= 0.6 is 38.5 Å². The number of rotatable bonds is 3. The standard InChI is InChI=1S/C8H5BrF2INO3/c1-15-7(14)5-3(12)2-4(9)13-6(5)16-8(10)11/h2,8H,1H3. The van der Waals surface area contributed by atoms with Crippen LogP contribution in [-0.2, 0) is 4.74 Å². The molecule has 1 aromatic rings. The summed E-state index contributed by atoms with van der Waals surface area (Å²) in [6.07, 6.45) is 0. The smallest absolute Gasteiger partial charge is 0.388 e. The van der Waals surface area contributed by atoms with Crippen LogP contribution in [-0.4, -0.2) is 24.7 Å².